The molecule has 0 unspecified atom stereocenters. The number of primary amides is 1. The zero-order valence-corrected chi connectivity index (χ0v) is 18.8. The quantitative estimate of drug-likeness (QED) is 0.457. The third kappa shape index (κ3) is 6.11. The number of hydrogen-bond donors (Lipinski definition) is 1. The predicted octanol–water partition coefficient (Wildman–Crippen LogP) is 3.12. The number of rotatable bonds is 10. The Morgan fingerprint density at radius 2 is 1.67 bits per heavy atom. The number of nitrogens with zero attached hydrogens (tertiary/aromatic N) is 1. The molecule has 0 saturated carbocycles. The van der Waals surface area contributed by atoms with Crippen molar-refractivity contribution >= 4 is 27.6 Å². The summed E-state index contributed by atoms with van der Waals surface area (Å²) in [5.74, 6) is -0.857. The molecule has 2 N–H and O–H groups in total. The molecule has 0 saturated heterocycles. The second-order valence-electron chi connectivity index (χ2n) is 7.01. The van der Waals surface area contributed by atoms with Crippen LogP contribution in [0.2, 0.25) is 0 Å². The fourth-order valence-electron chi connectivity index (χ4n) is 3.11. The van der Waals surface area contributed by atoms with Crippen LogP contribution >= 0.6 is 0 Å². The van der Waals surface area contributed by atoms with Crippen LogP contribution in [-0.4, -0.2) is 33.4 Å². The van der Waals surface area contributed by atoms with Gasteiger partial charge in [0, 0.05) is 6.54 Å². The number of esters is 1. The third-order valence-electron chi connectivity index (χ3n) is 4.64. The van der Waals surface area contributed by atoms with Crippen molar-refractivity contribution in [3.63, 3.8) is 0 Å². The largest absolute Gasteiger partial charge is 0.484 e. The van der Waals surface area contributed by atoms with E-state index in [1.807, 2.05) is 0 Å². The van der Waals surface area contributed by atoms with Crippen molar-refractivity contribution in [3.05, 3.63) is 90.0 Å². The molecule has 8 nitrogen and oxygen atoms in total. The summed E-state index contributed by atoms with van der Waals surface area (Å²) >= 11 is 0. The Morgan fingerprint density at radius 3 is 2.36 bits per heavy atom. The summed E-state index contributed by atoms with van der Waals surface area (Å²) in [5.41, 5.74) is 6.35. The van der Waals surface area contributed by atoms with Crippen molar-refractivity contribution in [2.24, 2.45) is 5.73 Å². The molecule has 3 rings (SSSR count). The second kappa shape index (κ2) is 10.6. The van der Waals surface area contributed by atoms with Crippen LogP contribution in [0.25, 0.3) is 0 Å². The smallest absolute Gasteiger partial charge is 0.338 e. The Labute approximate surface area is 192 Å². The van der Waals surface area contributed by atoms with E-state index in [1.54, 1.807) is 61.5 Å². The molecule has 172 valence electrons. The van der Waals surface area contributed by atoms with Crippen LogP contribution in [0.4, 0.5) is 5.69 Å². The van der Waals surface area contributed by atoms with Gasteiger partial charge in [-0.05, 0) is 55.0 Å². The molecule has 0 bridgehead atoms. The molecule has 0 atom stereocenters. The van der Waals surface area contributed by atoms with Gasteiger partial charge in [-0.1, -0.05) is 36.4 Å². The molecule has 0 aliphatic rings. The average Bonchev–Trinajstić information content (AvgIpc) is 2.82. The van der Waals surface area contributed by atoms with Gasteiger partial charge in [-0.25, -0.2) is 13.2 Å². The number of para-hydroxylation sites is 1. The number of benzene rings is 3. The van der Waals surface area contributed by atoms with Gasteiger partial charge in [0.15, 0.2) is 6.61 Å². The molecule has 33 heavy (non-hydrogen) atoms. The van der Waals surface area contributed by atoms with E-state index in [1.165, 1.54) is 28.6 Å². The average molecular weight is 469 g/mol. The summed E-state index contributed by atoms with van der Waals surface area (Å²) in [6.07, 6.45) is 0. The molecule has 0 aromatic heterocycles. The van der Waals surface area contributed by atoms with Gasteiger partial charge in [0.2, 0.25) is 0 Å². The summed E-state index contributed by atoms with van der Waals surface area (Å²) in [6.45, 7) is 1.65. The molecule has 3 aromatic carbocycles. The number of hydrogen-bond acceptors (Lipinski definition) is 6. The van der Waals surface area contributed by atoms with Crippen LogP contribution in [0.15, 0.2) is 83.8 Å². The van der Waals surface area contributed by atoms with E-state index in [-0.39, 0.29) is 30.2 Å². The second-order valence-corrected chi connectivity index (χ2v) is 8.87. The first-order valence-corrected chi connectivity index (χ1v) is 11.6. The Kier molecular flexibility index (Phi) is 7.68. The first-order valence-electron chi connectivity index (χ1n) is 10.2. The highest BCUT2D eigenvalue weighted by Gasteiger charge is 2.24. The van der Waals surface area contributed by atoms with Crippen molar-refractivity contribution in [2.75, 3.05) is 17.5 Å². The maximum absolute atomic E-state index is 13.2. The molecular formula is C24H24N2O6S. The molecule has 9 heteroatoms. The predicted molar refractivity (Wildman–Crippen MR) is 123 cm³/mol. The summed E-state index contributed by atoms with van der Waals surface area (Å²) in [5, 5.41) is 0. The normalized spacial score (nSPS) is 10.9. The monoisotopic (exact) mass is 468 g/mol. The fourth-order valence-corrected chi connectivity index (χ4v) is 4.63. The summed E-state index contributed by atoms with van der Waals surface area (Å²) in [6, 6.07) is 21.2. The SMILES string of the molecule is CCN(c1ccccc1)S(=O)(=O)c1cccc(C(=O)OCc2cccc(OCC(N)=O)c2)c1. The maximum atomic E-state index is 13.2. The molecular weight excluding hydrogens is 444 g/mol. The zero-order valence-electron chi connectivity index (χ0n) is 18.0. The minimum Gasteiger partial charge on any atom is -0.484 e. The van der Waals surface area contributed by atoms with E-state index < -0.39 is 21.9 Å². The van der Waals surface area contributed by atoms with Gasteiger partial charge in [0.1, 0.15) is 12.4 Å². The van der Waals surface area contributed by atoms with Crippen LogP contribution in [0.5, 0.6) is 5.75 Å². The summed E-state index contributed by atoms with van der Waals surface area (Å²) < 4.78 is 38.2. The van der Waals surface area contributed by atoms with Crippen molar-refractivity contribution in [1.29, 1.82) is 0 Å². The van der Waals surface area contributed by atoms with Crippen molar-refractivity contribution in [3.8, 4) is 5.75 Å². The topological polar surface area (TPSA) is 116 Å². The van der Waals surface area contributed by atoms with Gasteiger partial charge in [-0.15, -0.1) is 0 Å². The van der Waals surface area contributed by atoms with E-state index in [0.717, 1.165) is 0 Å². The van der Waals surface area contributed by atoms with Crippen molar-refractivity contribution in [2.45, 2.75) is 18.4 Å². The highest BCUT2D eigenvalue weighted by atomic mass is 32.2. The zero-order chi connectivity index (χ0) is 23.8. The lowest BCUT2D eigenvalue weighted by Crippen LogP contribution is -2.30. The highest BCUT2D eigenvalue weighted by molar-refractivity contribution is 7.92. The van der Waals surface area contributed by atoms with Gasteiger partial charge in [-0.2, -0.15) is 0 Å². The van der Waals surface area contributed by atoms with Crippen LogP contribution in [0.1, 0.15) is 22.8 Å². The van der Waals surface area contributed by atoms with Gasteiger partial charge in [-0.3, -0.25) is 9.10 Å². The summed E-state index contributed by atoms with van der Waals surface area (Å²) in [7, 11) is -3.88. The van der Waals surface area contributed by atoms with Crippen molar-refractivity contribution in [1.82, 2.24) is 0 Å². The van der Waals surface area contributed by atoms with Gasteiger partial charge in [0.05, 0.1) is 16.1 Å². The molecule has 0 spiro atoms. The Morgan fingerprint density at radius 1 is 0.939 bits per heavy atom. The van der Waals surface area contributed by atoms with Crippen LogP contribution in [0, 0.1) is 0 Å². The van der Waals surface area contributed by atoms with Crippen LogP contribution < -0.4 is 14.8 Å². The first kappa shape index (κ1) is 23.8. The molecule has 0 heterocycles. The fraction of sp³-hybridized carbons (Fsp3) is 0.167. The Balaban J connectivity index is 1.73. The maximum Gasteiger partial charge on any atom is 0.338 e. The highest BCUT2D eigenvalue weighted by Crippen LogP contribution is 2.24. The number of carbonyl (C=O) groups excluding carboxylic acids is 2. The lowest BCUT2D eigenvalue weighted by atomic mass is 10.2. The molecule has 0 aliphatic carbocycles. The van der Waals surface area contributed by atoms with Gasteiger partial charge < -0.3 is 15.2 Å². The minimum atomic E-state index is -3.88. The Bertz CT molecular complexity index is 1230. The first-order chi connectivity index (χ1) is 15.8. The van der Waals surface area contributed by atoms with E-state index >= 15 is 0 Å². The molecule has 0 radical (unpaired) electrons. The molecule has 3 aromatic rings. The minimum absolute atomic E-state index is 0.00972. The number of carbonyl (C=O) groups is 2. The van der Waals surface area contributed by atoms with Crippen LogP contribution in [-0.2, 0) is 26.2 Å². The summed E-state index contributed by atoms with van der Waals surface area (Å²) in [4.78, 5) is 23.4. The lowest BCUT2D eigenvalue weighted by molar-refractivity contribution is -0.119. The third-order valence-corrected chi connectivity index (χ3v) is 6.54. The standard InChI is InChI=1S/C24H24N2O6S/c1-2-26(20-10-4-3-5-11-20)33(29,30)22-13-7-9-19(15-22)24(28)32-16-18-8-6-12-21(14-18)31-17-23(25)27/h3-15H,2,16-17H2,1H3,(H2,25,27). The number of ether oxygens (including phenoxy) is 2. The van der Waals surface area contributed by atoms with E-state index in [2.05, 4.69) is 0 Å². The van der Waals surface area contributed by atoms with Gasteiger partial charge >= 0.3 is 5.97 Å². The van der Waals surface area contributed by atoms with E-state index in [0.29, 0.717) is 17.0 Å². The van der Waals surface area contributed by atoms with E-state index in [9.17, 15) is 18.0 Å². The Hall–Kier alpha value is -3.85. The number of nitrogens with two attached hydrogens (primary N) is 1. The van der Waals surface area contributed by atoms with Crippen LogP contribution in [0.3, 0.4) is 0 Å². The molecule has 1 amide bonds. The lowest BCUT2D eigenvalue weighted by Gasteiger charge is -2.23. The van der Waals surface area contributed by atoms with E-state index in [4.69, 9.17) is 15.2 Å². The van der Waals surface area contributed by atoms with Crippen molar-refractivity contribution < 1.29 is 27.5 Å². The van der Waals surface area contributed by atoms with Gasteiger partial charge in [0.25, 0.3) is 15.9 Å². The number of sulfonamides is 1. The number of anilines is 1. The molecule has 0 fully saturated rings. The number of amides is 1. The molecule has 0 aliphatic heterocycles.